The van der Waals surface area contributed by atoms with Gasteiger partial charge in [0.1, 0.15) is 0 Å². The number of carboxylic acid groups (broad SMARTS) is 3. The van der Waals surface area contributed by atoms with Gasteiger partial charge in [0, 0.05) is 0 Å². The predicted octanol–water partition coefficient (Wildman–Crippen LogP) is 1.79. The fourth-order valence-electron chi connectivity index (χ4n) is 6.49. The SMILES string of the molecule is O=C(O)C1CC2C=CC1C2.O=C(O)C1CC2C=CC1C2.O=C(O)C1CC2C=CC1C2.OCC(CO)(CO)CO. The van der Waals surface area contributed by atoms with Gasteiger partial charge in [-0.25, -0.2) is 0 Å². The fourth-order valence-corrected chi connectivity index (χ4v) is 6.49. The maximum absolute atomic E-state index is 10.6. The molecule has 0 saturated heterocycles. The molecule has 3 fully saturated rings. The molecule has 0 amide bonds. The molecule has 6 bridgehead atoms. The second kappa shape index (κ2) is 13.7. The molecule has 0 aromatic heterocycles. The monoisotopic (exact) mass is 550 g/mol. The summed E-state index contributed by atoms with van der Waals surface area (Å²) in [6, 6.07) is 0. The number of aliphatic hydroxyl groups is 4. The van der Waals surface area contributed by atoms with Crippen molar-refractivity contribution < 1.29 is 50.1 Å². The van der Waals surface area contributed by atoms with Gasteiger partial charge in [-0.1, -0.05) is 36.5 Å². The minimum absolute atomic E-state index is 0.0741. The zero-order valence-corrected chi connectivity index (χ0v) is 22.1. The Morgan fingerprint density at radius 2 is 0.744 bits per heavy atom. The first-order valence-electron chi connectivity index (χ1n) is 13.7. The number of carboxylic acids is 3. The molecule has 6 rings (SSSR count). The van der Waals surface area contributed by atoms with Crippen molar-refractivity contribution in [3.63, 3.8) is 0 Å². The molecule has 0 aromatic carbocycles. The van der Waals surface area contributed by atoms with Crippen LogP contribution >= 0.6 is 0 Å². The standard InChI is InChI=1S/3C8H10O2.C5H12O4/c3*9-8(10)7-4-5-1-2-6(7)3-5;6-1-5(2-7,3-8)4-9/h3*1-2,5-7H,3-4H2,(H,9,10);6-9H,1-4H2. The van der Waals surface area contributed by atoms with Crippen LogP contribution in [0.1, 0.15) is 38.5 Å². The largest absolute Gasteiger partial charge is 0.481 e. The van der Waals surface area contributed by atoms with Crippen molar-refractivity contribution in [2.45, 2.75) is 38.5 Å². The van der Waals surface area contributed by atoms with E-state index in [1.165, 1.54) is 0 Å². The van der Waals surface area contributed by atoms with Crippen LogP contribution in [0.3, 0.4) is 0 Å². The summed E-state index contributed by atoms with van der Waals surface area (Å²) in [4.78, 5) is 31.7. The first-order valence-corrected chi connectivity index (χ1v) is 13.7. The van der Waals surface area contributed by atoms with Crippen LogP contribution in [0.2, 0.25) is 0 Å². The van der Waals surface area contributed by atoms with Crippen LogP contribution < -0.4 is 0 Å². The first kappa shape index (κ1) is 31.0. The normalized spacial score (nSPS) is 35.5. The van der Waals surface area contributed by atoms with E-state index in [1.807, 2.05) is 0 Å². The molecule has 0 radical (unpaired) electrons. The minimum Gasteiger partial charge on any atom is -0.481 e. The van der Waals surface area contributed by atoms with Gasteiger partial charge in [-0.05, 0) is 74.0 Å². The van der Waals surface area contributed by atoms with Gasteiger partial charge in [0.05, 0.1) is 49.6 Å². The summed E-state index contributed by atoms with van der Waals surface area (Å²) in [5.41, 5.74) is -1.11. The van der Waals surface area contributed by atoms with Gasteiger partial charge in [0.15, 0.2) is 0 Å². The lowest BCUT2D eigenvalue weighted by atomic mass is 9.93. The molecule has 6 aliphatic rings. The molecule has 9 unspecified atom stereocenters. The molecule has 218 valence electrons. The number of aliphatic carboxylic acids is 3. The number of carbonyl (C=O) groups is 3. The molecule has 39 heavy (non-hydrogen) atoms. The van der Waals surface area contributed by atoms with E-state index in [1.54, 1.807) is 0 Å². The van der Waals surface area contributed by atoms with E-state index in [9.17, 15) is 14.4 Å². The zero-order chi connectivity index (χ0) is 28.7. The van der Waals surface area contributed by atoms with Crippen LogP contribution in [-0.4, -0.2) is 80.1 Å². The van der Waals surface area contributed by atoms with Gasteiger partial charge in [0.2, 0.25) is 0 Å². The molecular formula is C29H42O10. The summed E-state index contributed by atoms with van der Waals surface area (Å²) < 4.78 is 0. The molecule has 0 heterocycles. The van der Waals surface area contributed by atoms with Crippen LogP contribution in [0.15, 0.2) is 36.5 Å². The molecule has 0 aromatic rings. The predicted molar refractivity (Wildman–Crippen MR) is 140 cm³/mol. The Morgan fingerprint density at radius 3 is 0.821 bits per heavy atom. The number of aliphatic hydroxyl groups excluding tert-OH is 4. The van der Waals surface area contributed by atoms with Gasteiger partial charge < -0.3 is 35.7 Å². The Bertz CT molecular complexity index is 830. The van der Waals surface area contributed by atoms with Gasteiger partial charge in [-0.3, -0.25) is 14.4 Å². The fraction of sp³-hybridized carbons (Fsp3) is 0.690. The molecule has 10 nitrogen and oxygen atoms in total. The number of rotatable bonds is 7. The van der Waals surface area contributed by atoms with Crippen molar-refractivity contribution in [1.82, 2.24) is 0 Å². The van der Waals surface area contributed by atoms with E-state index >= 15 is 0 Å². The zero-order valence-electron chi connectivity index (χ0n) is 22.1. The highest BCUT2D eigenvalue weighted by Crippen LogP contribution is 2.44. The van der Waals surface area contributed by atoms with Crippen LogP contribution in [0.5, 0.6) is 0 Å². The van der Waals surface area contributed by atoms with E-state index in [2.05, 4.69) is 36.5 Å². The smallest absolute Gasteiger partial charge is 0.307 e. The van der Waals surface area contributed by atoms with Crippen molar-refractivity contribution in [3.8, 4) is 0 Å². The Kier molecular flexibility index (Phi) is 10.9. The van der Waals surface area contributed by atoms with E-state index in [-0.39, 0.29) is 17.8 Å². The molecular weight excluding hydrogens is 508 g/mol. The van der Waals surface area contributed by atoms with Crippen molar-refractivity contribution >= 4 is 17.9 Å². The Labute approximate surface area is 228 Å². The number of fused-ring (bicyclic) bond motifs is 6. The molecule has 0 spiro atoms. The Morgan fingerprint density at radius 1 is 0.487 bits per heavy atom. The van der Waals surface area contributed by atoms with Crippen molar-refractivity contribution in [2.24, 2.45) is 58.7 Å². The van der Waals surface area contributed by atoms with E-state index in [4.69, 9.17) is 35.7 Å². The van der Waals surface area contributed by atoms with Crippen molar-refractivity contribution in [2.75, 3.05) is 26.4 Å². The minimum atomic E-state index is -1.11. The van der Waals surface area contributed by atoms with E-state index in [0.29, 0.717) is 35.5 Å². The Hall–Kier alpha value is -2.53. The van der Waals surface area contributed by atoms with Crippen LogP contribution in [0.4, 0.5) is 0 Å². The first-order chi connectivity index (χ1) is 18.6. The van der Waals surface area contributed by atoms with Crippen molar-refractivity contribution in [3.05, 3.63) is 36.5 Å². The second-order valence-corrected chi connectivity index (χ2v) is 11.8. The van der Waals surface area contributed by atoms with Gasteiger partial charge in [-0.15, -0.1) is 0 Å². The van der Waals surface area contributed by atoms with Crippen LogP contribution in [-0.2, 0) is 14.4 Å². The quantitative estimate of drug-likeness (QED) is 0.230. The number of hydrogen-bond acceptors (Lipinski definition) is 7. The average molecular weight is 551 g/mol. The molecule has 6 aliphatic carbocycles. The van der Waals surface area contributed by atoms with Crippen LogP contribution in [0.25, 0.3) is 0 Å². The highest BCUT2D eigenvalue weighted by Gasteiger charge is 2.41. The summed E-state index contributed by atoms with van der Waals surface area (Å²) >= 11 is 0. The summed E-state index contributed by atoms with van der Waals surface area (Å²) in [6.45, 7) is -1.62. The van der Waals surface area contributed by atoms with Gasteiger partial charge in [0.25, 0.3) is 0 Å². The lowest BCUT2D eigenvalue weighted by molar-refractivity contribution is -0.143. The van der Waals surface area contributed by atoms with Crippen LogP contribution in [0, 0.1) is 58.7 Å². The molecule has 7 N–H and O–H groups in total. The molecule has 3 saturated carbocycles. The Balaban J connectivity index is 0.000000144. The van der Waals surface area contributed by atoms with Gasteiger partial charge >= 0.3 is 17.9 Å². The van der Waals surface area contributed by atoms with E-state index in [0.717, 1.165) is 38.5 Å². The summed E-state index contributed by atoms with van der Waals surface area (Å²) in [5.74, 6) is 0.710. The topological polar surface area (TPSA) is 193 Å². The third-order valence-electron chi connectivity index (χ3n) is 9.13. The average Bonchev–Trinajstić information content (AvgIpc) is 3.79. The second-order valence-electron chi connectivity index (χ2n) is 11.8. The van der Waals surface area contributed by atoms with E-state index < -0.39 is 49.8 Å². The summed E-state index contributed by atoms with van der Waals surface area (Å²) in [6.07, 6.45) is 18.5. The molecule has 10 heteroatoms. The maximum atomic E-state index is 10.6. The molecule has 0 aliphatic heterocycles. The highest BCUT2D eigenvalue weighted by atomic mass is 16.4. The highest BCUT2D eigenvalue weighted by molar-refractivity contribution is 5.72. The number of hydrogen-bond donors (Lipinski definition) is 7. The third kappa shape index (κ3) is 7.57. The summed E-state index contributed by atoms with van der Waals surface area (Å²) in [7, 11) is 0. The third-order valence-corrected chi connectivity index (χ3v) is 9.13. The lowest BCUT2D eigenvalue weighted by Crippen LogP contribution is -2.37. The lowest BCUT2D eigenvalue weighted by Gasteiger charge is -2.23. The maximum Gasteiger partial charge on any atom is 0.307 e. The molecule has 9 atom stereocenters. The summed E-state index contributed by atoms with van der Waals surface area (Å²) in [5, 5.41) is 60.1. The van der Waals surface area contributed by atoms with Crippen molar-refractivity contribution in [1.29, 1.82) is 0 Å². The number of allylic oxidation sites excluding steroid dienone is 6. The van der Waals surface area contributed by atoms with Gasteiger partial charge in [-0.2, -0.15) is 0 Å².